The highest BCUT2D eigenvalue weighted by atomic mass is 35.5. The lowest BCUT2D eigenvalue weighted by Crippen LogP contribution is -2.33. The second kappa shape index (κ2) is 6.55. The zero-order valence-electron chi connectivity index (χ0n) is 11.2. The number of ether oxygens (including phenoxy) is 1. The second-order valence-corrected chi connectivity index (χ2v) is 4.92. The Hall–Kier alpha value is -1.84. The summed E-state index contributed by atoms with van der Waals surface area (Å²) in [4.78, 5) is 11.3. The van der Waals surface area contributed by atoms with Gasteiger partial charge in [0.15, 0.2) is 0 Å². The summed E-state index contributed by atoms with van der Waals surface area (Å²) in [6, 6.07) is 14.9. The third-order valence-corrected chi connectivity index (χ3v) is 3.43. The summed E-state index contributed by atoms with van der Waals surface area (Å²) in [5, 5.41) is 0.714. The molecule has 0 aromatic heterocycles. The number of carbonyl (C=O) groups is 1. The molecule has 0 spiro atoms. The normalized spacial score (nSPS) is 11.9. The Balaban J connectivity index is 2.15. The second-order valence-electron chi connectivity index (χ2n) is 4.51. The largest absolute Gasteiger partial charge is 0.468 e. The molecule has 0 saturated carbocycles. The van der Waals surface area contributed by atoms with E-state index in [0.717, 1.165) is 16.7 Å². The molecule has 2 N–H and O–H groups in total. The number of methoxy groups -OCH3 is 1. The molecular formula is C16H16ClNO2. The summed E-state index contributed by atoms with van der Waals surface area (Å²) in [6.45, 7) is 0. The summed E-state index contributed by atoms with van der Waals surface area (Å²) < 4.78 is 4.61. The van der Waals surface area contributed by atoms with Crippen molar-refractivity contribution >= 4 is 17.6 Å². The quantitative estimate of drug-likeness (QED) is 0.880. The summed E-state index contributed by atoms with van der Waals surface area (Å²) in [7, 11) is 1.34. The van der Waals surface area contributed by atoms with Crippen LogP contribution in [0.5, 0.6) is 0 Å². The average Bonchev–Trinajstić information content (AvgIpc) is 2.48. The van der Waals surface area contributed by atoms with E-state index in [1.807, 2.05) is 48.5 Å². The number of benzene rings is 2. The molecule has 0 heterocycles. The van der Waals surface area contributed by atoms with E-state index in [1.165, 1.54) is 7.11 Å². The van der Waals surface area contributed by atoms with Crippen molar-refractivity contribution in [2.75, 3.05) is 7.11 Å². The Kier molecular flexibility index (Phi) is 4.77. The molecule has 4 heteroatoms. The maximum Gasteiger partial charge on any atom is 0.322 e. The van der Waals surface area contributed by atoms with E-state index in [9.17, 15) is 4.79 Å². The first-order valence-corrected chi connectivity index (χ1v) is 6.67. The number of hydrogen-bond donors (Lipinski definition) is 1. The van der Waals surface area contributed by atoms with Crippen LogP contribution < -0.4 is 5.73 Å². The fourth-order valence-corrected chi connectivity index (χ4v) is 2.25. The fraction of sp³-hybridized carbons (Fsp3) is 0.188. The minimum Gasteiger partial charge on any atom is -0.468 e. The summed E-state index contributed by atoms with van der Waals surface area (Å²) in [5.41, 5.74) is 8.74. The summed E-state index contributed by atoms with van der Waals surface area (Å²) >= 11 is 6.16. The highest BCUT2D eigenvalue weighted by Gasteiger charge is 2.14. The topological polar surface area (TPSA) is 52.3 Å². The van der Waals surface area contributed by atoms with Crippen LogP contribution in [-0.2, 0) is 16.0 Å². The number of esters is 1. The maximum atomic E-state index is 11.3. The van der Waals surface area contributed by atoms with Gasteiger partial charge in [-0.15, -0.1) is 0 Å². The van der Waals surface area contributed by atoms with E-state index in [2.05, 4.69) is 4.74 Å². The van der Waals surface area contributed by atoms with Gasteiger partial charge >= 0.3 is 5.97 Å². The van der Waals surface area contributed by atoms with Crippen LogP contribution in [0.2, 0.25) is 5.02 Å². The van der Waals surface area contributed by atoms with E-state index in [0.29, 0.717) is 11.4 Å². The molecule has 2 aromatic rings. The molecule has 0 amide bonds. The highest BCUT2D eigenvalue weighted by Crippen LogP contribution is 2.27. The molecular weight excluding hydrogens is 274 g/mol. The number of carbonyl (C=O) groups excluding carboxylic acids is 1. The highest BCUT2D eigenvalue weighted by molar-refractivity contribution is 6.33. The molecule has 104 valence electrons. The van der Waals surface area contributed by atoms with Gasteiger partial charge in [-0.2, -0.15) is 0 Å². The molecule has 0 saturated heterocycles. The molecule has 2 rings (SSSR count). The Labute approximate surface area is 123 Å². The number of halogens is 1. The predicted molar refractivity (Wildman–Crippen MR) is 80.6 cm³/mol. The monoisotopic (exact) mass is 289 g/mol. The predicted octanol–water partition coefficient (Wildman–Crippen LogP) is 3.05. The SMILES string of the molecule is COC(=O)C(N)Cc1ccc(-c2ccccc2Cl)cc1. The van der Waals surface area contributed by atoms with Gasteiger partial charge in [-0.25, -0.2) is 0 Å². The molecule has 3 nitrogen and oxygen atoms in total. The lowest BCUT2D eigenvalue weighted by Gasteiger charge is -2.10. The third kappa shape index (κ3) is 3.38. The molecule has 0 bridgehead atoms. The molecule has 20 heavy (non-hydrogen) atoms. The number of nitrogens with two attached hydrogens (primary N) is 1. The average molecular weight is 290 g/mol. The van der Waals surface area contributed by atoms with E-state index < -0.39 is 12.0 Å². The first kappa shape index (κ1) is 14.6. The van der Waals surface area contributed by atoms with Gasteiger partial charge in [0, 0.05) is 10.6 Å². The van der Waals surface area contributed by atoms with Crippen molar-refractivity contribution in [2.24, 2.45) is 5.73 Å². The zero-order valence-corrected chi connectivity index (χ0v) is 11.9. The summed E-state index contributed by atoms with van der Waals surface area (Å²) in [6.07, 6.45) is 0.454. The van der Waals surface area contributed by atoms with E-state index in [-0.39, 0.29) is 0 Å². The van der Waals surface area contributed by atoms with Crippen molar-refractivity contribution in [2.45, 2.75) is 12.5 Å². The van der Waals surface area contributed by atoms with Crippen molar-refractivity contribution in [3.63, 3.8) is 0 Å². The van der Waals surface area contributed by atoms with Gasteiger partial charge < -0.3 is 10.5 Å². The molecule has 1 atom stereocenters. The Morgan fingerprint density at radius 1 is 1.20 bits per heavy atom. The standard InChI is InChI=1S/C16H16ClNO2/c1-20-16(19)15(18)10-11-6-8-12(9-7-11)13-4-2-3-5-14(13)17/h2-9,15H,10,18H2,1H3. The van der Waals surface area contributed by atoms with Crippen LogP contribution in [0, 0.1) is 0 Å². The van der Waals surface area contributed by atoms with Gasteiger partial charge in [0.25, 0.3) is 0 Å². The van der Waals surface area contributed by atoms with Crippen molar-refractivity contribution < 1.29 is 9.53 Å². The smallest absolute Gasteiger partial charge is 0.322 e. The molecule has 0 aliphatic heterocycles. The van der Waals surface area contributed by atoms with Crippen molar-refractivity contribution in [3.05, 3.63) is 59.1 Å². The number of hydrogen-bond acceptors (Lipinski definition) is 3. The first-order valence-electron chi connectivity index (χ1n) is 6.29. The Bertz CT molecular complexity index is 596. The van der Waals surface area contributed by atoms with Gasteiger partial charge in [0.05, 0.1) is 7.11 Å². The number of rotatable bonds is 4. The van der Waals surface area contributed by atoms with Crippen molar-refractivity contribution in [3.8, 4) is 11.1 Å². The van der Waals surface area contributed by atoms with E-state index in [1.54, 1.807) is 0 Å². The van der Waals surface area contributed by atoms with Gasteiger partial charge in [-0.3, -0.25) is 4.79 Å². The van der Waals surface area contributed by atoms with Crippen LogP contribution in [0.15, 0.2) is 48.5 Å². The lowest BCUT2D eigenvalue weighted by molar-refractivity contribution is -0.142. The van der Waals surface area contributed by atoms with E-state index in [4.69, 9.17) is 17.3 Å². The van der Waals surface area contributed by atoms with Crippen LogP contribution in [0.1, 0.15) is 5.56 Å². The molecule has 0 aliphatic carbocycles. The Morgan fingerprint density at radius 2 is 1.85 bits per heavy atom. The van der Waals surface area contributed by atoms with Gasteiger partial charge in [-0.05, 0) is 23.6 Å². The van der Waals surface area contributed by atoms with Crippen molar-refractivity contribution in [1.82, 2.24) is 0 Å². The first-order chi connectivity index (χ1) is 9.61. The maximum absolute atomic E-state index is 11.3. The summed E-state index contributed by atoms with van der Waals surface area (Å²) in [5.74, 6) is -0.403. The van der Waals surface area contributed by atoms with Gasteiger partial charge in [0.1, 0.15) is 6.04 Å². The van der Waals surface area contributed by atoms with Gasteiger partial charge in [0.2, 0.25) is 0 Å². The van der Waals surface area contributed by atoms with Crippen LogP contribution in [0.3, 0.4) is 0 Å². The van der Waals surface area contributed by atoms with Crippen LogP contribution in [0.25, 0.3) is 11.1 Å². The zero-order chi connectivity index (χ0) is 14.5. The molecule has 1 unspecified atom stereocenters. The lowest BCUT2D eigenvalue weighted by atomic mass is 10.0. The minimum atomic E-state index is -0.633. The molecule has 0 aliphatic rings. The Morgan fingerprint density at radius 3 is 2.45 bits per heavy atom. The third-order valence-electron chi connectivity index (χ3n) is 3.10. The molecule has 0 radical (unpaired) electrons. The van der Waals surface area contributed by atoms with Crippen molar-refractivity contribution in [1.29, 1.82) is 0 Å². The van der Waals surface area contributed by atoms with E-state index >= 15 is 0 Å². The van der Waals surface area contributed by atoms with Crippen LogP contribution in [0.4, 0.5) is 0 Å². The molecule has 0 fully saturated rings. The molecule has 2 aromatic carbocycles. The van der Waals surface area contributed by atoms with Crippen LogP contribution >= 0.6 is 11.6 Å². The minimum absolute atomic E-state index is 0.403. The fourth-order valence-electron chi connectivity index (χ4n) is 2.00. The van der Waals surface area contributed by atoms with Gasteiger partial charge in [-0.1, -0.05) is 54.1 Å². The van der Waals surface area contributed by atoms with Crippen LogP contribution in [-0.4, -0.2) is 19.1 Å².